The molecule has 1 aromatic carbocycles. The van der Waals surface area contributed by atoms with Gasteiger partial charge in [-0.3, -0.25) is 4.79 Å². The molecule has 1 saturated heterocycles. The van der Waals surface area contributed by atoms with Crippen LogP contribution in [0.3, 0.4) is 0 Å². The number of aromatic nitrogens is 1. The molecule has 3 heterocycles. The largest absolute Gasteiger partial charge is 0.357 e. The van der Waals surface area contributed by atoms with E-state index in [1.807, 2.05) is 12.1 Å². The molecule has 0 saturated carbocycles. The monoisotopic (exact) mass is 340 g/mol. The summed E-state index contributed by atoms with van der Waals surface area (Å²) in [5.41, 5.74) is 2.31. The Labute approximate surface area is 146 Å². The van der Waals surface area contributed by atoms with Crippen molar-refractivity contribution in [3.63, 3.8) is 0 Å². The number of nitrogens with one attached hydrogen (secondary N) is 2. The number of hydrogen-bond donors (Lipinski definition) is 2. The van der Waals surface area contributed by atoms with Crippen LogP contribution in [0.4, 0.5) is 15.9 Å². The normalized spacial score (nSPS) is 16.6. The highest BCUT2D eigenvalue weighted by Gasteiger charge is 2.19. The summed E-state index contributed by atoms with van der Waals surface area (Å²) >= 11 is 0. The average molecular weight is 340 g/mol. The number of carbonyl (C=O) groups is 1. The van der Waals surface area contributed by atoms with Crippen molar-refractivity contribution in [2.75, 3.05) is 29.9 Å². The molecule has 25 heavy (non-hydrogen) atoms. The Morgan fingerprint density at radius 3 is 2.80 bits per heavy atom. The van der Waals surface area contributed by atoms with Gasteiger partial charge in [-0.05, 0) is 55.1 Å². The fourth-order valence-corrected chi connectivity index (χ4v) is 3.48. The molecule has 6 heteroatoms. The van der Waals surface area contributed by atoms with E-state index in [0.717, 1.165) is 31.0 Å². The van der Waals surface area contributed by atoms with E-state index >= 15 is 0 Å². The van der Waals surface area contributed by atoms with E-state index in [0.29, 0.717) is 24.1 Å². The molecule has 1 aromatic heterocycles. The number of hydrogen-bond acceptors (Lipinski definition) is 4. The highest BCUT2D eigenvalue weighted by Crippen LogP contribution is 2.25. The lowest BCUT2D eigenvalue weighted by Gasteiger charge is -2.19. The predicted molar refractivity (Wildman–Crippen MR) is 95.4 cm³/mol. The first kappa shape index (κ1) is 16.0. The van der Waals surface area contributed by atoms with Crippen molar-refractivity contribution in [2.45, 2.75) is 25.8 Å². The fraction of sp³-hybridized carbons (Fsp3) is 0.368. The number of amides is 1. The van der Waals surface area contributed by atoms with Crippen molar-refractivity contribution in [3.8, 4) is 0 Å². The summed E-state index contributed by atoms with van der Waals surface area (Å²) in [6.45, 7) is 3.44. The van der Waals surface area contributed by atoms with Gasteiger partial charge in [0.15, 0.2) is 0 Å². The van der Waals surface area contributed by atoms with Crippen LogP contribution in [-0.4, -0.2) is 30.5 Å². The molecule has 4 rings (SSSR count). The molecule has 1 fully saturated rings. The van der Waals surface area contributed by atoms with Gasteiger partial charge in [0.2, 0.25) is 0 Å². The zero-order valence-corrected chi connectivity index (χ0v) is 14.0. The van der Waals surface area contributed by atoms with Crippen LogP contribution >= 0.6 is 0 Å². The maximum atomic E-state index is 14.6. The summed E-state index contributed by atoms with van der Waals surface area (Å²) < 4.78 is 14.6. The SMILES string of the molecule is O=C(Nc1ccc2c(c1F)CCNC2)c1ccc(N2CCCC2)nc1. The quantitative estimate of drug-likeness (QED) is 0.902. The third-order valence-electron chi connectivity index (χ3n) is 4.90. The third kappa shape index (κ3) is 3.22. The maximum Gasteiger partial charge on any atom is 0.257 e. The highest BCUT2D eigenvalue weighted by molar-refractivity contribution is 6.04. The first-order valence-electron chi connectivity index (χ1n) is 8.76. The number of pyridine rings is 1. The van der Waals surface area contributed by atoms with Crippen LogP contribution in [0.2, 0.25) is 0 Å². The van der Waals surface area contributed by atoms with Crippen molar-refractivity contribution in [3.05, 3.63) is 53.0 Å². The molecule has 130 valence electrons. The van der Waals surface area contributed by atoms with Crippen molar-refractivity contribution in [1.82, 2.24) is 10.3 Å². The van der Waals surface area contributed by atoms with Crippen LogP contribution in [-0.2, 0) is 13.0 Å². The van der Waals surface area contributed by atoms with E-state index in [4.69, 9.17) is 0 Å². The second-order valence-electron chi connectivity index (χ2n) is 6.54. The molecule has 0 unspecified atom stereocenters. The Morgan fingerprint density at radius 1 is 1.20 bits per heavy atom. The topological polar surface area (TPSA) is 57.3 Å². The highest BCUT2D eigenvalue weighted by atomic mass is 19.1. The molecule has 2 N–H and O–H groups in total. The van der Waals surface area contributed by atoms with Gasteiger partial charge in [-0.1, -0.05) is 6.07 Å². The van der Waals surface area contributed by atoms with Gasteiger partial charge >= 0.3 is 0 Å². The first-order valence-corrected chi connectivity index (χ1v) is 8.76. The minimum atomic E-state index is -0.340. The summed E-state index contributed by atoms with van der Waals surface area (Å²) in [6.07, 6.45) is 4.55. The van der Waals surface area contributed by atoms with Crippen LogP contribution in [0.15, 0.2) is 30.5 Å². The van der Waals surface area contributed by atoms with Gasteiger partial charge < -0.3 is 15.5 Å². The fourth-order valence-electron chi connectivity index (χ4n) is 3.48. The van der Waals surface area contributed by atoms with Gasteiger partial charge in [0.05, 0.1) is 11.3 Å². The lowest BCUT2D eigenvalue weighted by molar-refractivity contribution is 0.102. The van der Waals surface area contributed by atoms with E-state index in [9.17, 15) is 9.18 Å². The van der Waals surface area contributed by atoms with E-state index < -0.39 is 0 Å². The van der Waals surface area contributed by atoms with Crippen molar-refractivity contribution < 1.29 is 9.18 Å². The minimum Gasteiger partial charge on any atom is -0.357 e. The summed E-state index contributed by atoms with van der Waals surface area (Å²) in [6, 6.07) is 7.10. The van der Waals surface area contributed by atoms with E-state index in [1.165, 1.54) is 12.8 Å². The first-order chi connectivity index (χ1) is 12.2. The zero-order valence-electron chi connectivity index (χ0n) is 14.0. The molecule has 2 aromatic rings. The second-order valence-corrected chi connectivity index (χ2v) is 6.54. The van der Waals surface area contributed by atoms with Gasteiger partial charge in [-0.15, -0.1) is 0 Å². The molecule has 0 aliphatic carbocycles. The molecule has 0 atom stereocenters. The standard InChI is InChI=1S/C19H21FN4O/c20-18-15-7-8-21-11-13(15)3-5-16(18)23-19(25)14-4-6-17(22-12-14)24-9-1-2-10-24/h3-6,12,21H,1-2,7-11H2,(H,23,25). The molecule has 2 aliphatic heterocycles. The summed E-state index contributed by atoms with van der Waals surface area (Å²) in [5.74, 6) is 0.226. The van der Waals surface area contributed by atoms with Crippen LogP contribution < -0.4 is 15.5 Å². The number of rotatable bonds is 3. The Balaban J connectivity index is 1.50. The molecule has 2 aliphatic rings. The van der Waals surface area contributed by atoms with Crippen molar-refractivity contribution in [1.29, 1.82) is 0 Å². The molecule has 0 spiro atoms. The van der Waals surface area contributed by atoms with E-state index in [2.05, 4.69) is 20.5 Å². The Bertz CT molecular complexity index is 785. The molecular formula is C19H21FN4O. The lowest BCUT2D eigenvalue weighted by Crippen LogP contribution is -2.25. The number of halogens is 1. The van der Waals surface area contributed by atoms with Gasteiger partial charge in [0, 0.05) is 25.8 Å². The third-order valence-corrected chi connectivity index (χ3v) is 4.90. The van der Waals surface area contributed by atoms with Gasteiger partial charge in [-0.2, -0.15) is 0 Å². The average Bonchev–Trinajstić information content (AvgIpc) is 3.19. The van der Waals surface area contributed by atoms with Crippen molar-refractivity contribution >= 4 is 17.4 Å². The van der Waals surface area contributed by atoms with E-state index in [-0.39, 0.29) is 17.4 Å². The van der Waals surface area contributed by atoms with Gasteiger partial charge in [-0.25, -0.2) is 9.37 Å². The number of benzene rings is 1. The van der Waals surface area contributed by atoms with Gasteiger partial charge in [0.25, 0.3) is 5.91 Å². The molecule has 0 bridgehead atoms. The smallest absolute Gasteiger partial charge is 0.257 e. The van der Waals surface area contributed by atoms with E-state index in [1.54, 1.807) is 18.3 Å². The predicted octanol–water partition coefficient (Wildman–Crippen LogP) is 2.72. The molecule has 5 nitrogen and oxygen atoms in total. The Kier molecular flexibility index (Phi) is 4.36. The van der Waals surface area contributed by atoms with Crippen LogP contribution in [0.5, 0.6) is 0 Å². The zero-order chi connectivity index (χ0) is 17.2. The summed E-state index contributed by atoms with van der Waals surface area (Å²) in [7, 11) is 0. The van der Waals surface area contributed by atoms with Gasteiger partial charge in [0.1, 0.15) is 11.6 Å². The Hall–Kier alpha value is -2.47. The summed E-state index contributed by atoms with van der Waals surface area (Å²) in [4.78, 5) is 19.0. The number of carbonyl (C=O) groups excluding carboxylic acids is 1. The molecule has 0 radical (unpaired) electrons. The van der Waals surface area contributed by atoms with Crippen LogP contribution in [0.25, 0.3) is 0 Å². The molecule has 1 amide bonds. The maximum absolute atomic E-state index is 14.6. The minimum absolute atomic E-state index is 0.231. The van der Waals surface area contributed by atoms with Crippen LogP contribution in [0.1, 0.15) is 34.3 Å². The van der Waals surface area contributed by atoms with Crippen molar-refractivity contribution in [2.24, 2.45) is 0 Å². The lowest BCUT2D eigenvalue weighted by atomic mass is 9.99. The second kappa shape index (κ2) is 6.80. The molecular weight excluding hydrogens is 319 g/mol. The van der Waals surface area contributed by atoms with Crippen LogP contribution in [0, 0.1) is 5.82 Å². The number of anilines is 2. The number of fused-ring (bicyclic) bond motifs is 1. The summed E-state index contributed by atoms with van der Waals surface area (Å²) in [5, 5.41) is 5.89. The Morgan fingerprint density at radius 2 is 2.04 bits per heavy atom. The number of nitrogens with zero attached hydrogens (tertiary/aromatic N) is 2.